The van der Waals surface area contributed by atoms with Crippen molar-refractivity contribution in [3.63, 3.8) is 0 Å². The molecule has 1 fully saturated rings. The van der Waals surface area contributed by atoms with Gasteiger partial charge in [0.05, 0.1) is 11.9 Å². The molecule has 6 heteroatoms. The average Bonchev–Trinajstić information content (AvgIpc) is 2.64. The Hall–Kier alpha value is -1.17. The van der Waals surface area contributed by atoms with E-state index in [9.17, 15) is 4.79 Å². The number of rotatable bonds is 1. The molecule has 0 radical (unpaired) electrons. The van der Waals surface area contributed by atoms with Crippen LogP contribution in [-0.2, 0) is 0 Å². The van der Waals surface area contributed by atoms with Gasteiger partial charge in [-0.1, -0.05) is 0 Å². The van der Waals surface area contributed by atoms with Crippen molar-refractivity contribution in [2.75, 3.05) is 23.8 Å². The maximum Gasteiger partial charge on any atom is 0.274 e. The first-order valence-electron chi connectivity index (χ1n) is 4.87. The number of nitrogens with one attached hydrogen (secondary N) is 1. The average molecular weight is 226 g/mol. The lowest BCUT2D eigenvalue weighted by molar-refractivity contribution is 0.0711. The number of aromatic nitrogens is 2. The Balaban J connectivity index is 2.17. The van der Waals surface area contributed by atoms with Gasteiger partial charge in [-0.3, -0.25) is 9.89 Å². The van der Waals surface area contributed by atoms with Crippen LogP contribution in [0.15, 0.2) is 6.20 Å². The summed E-state index contributed by atoms with van der Waals surface area (Å²) >= 11 is 1.87. The van der Waals surface area contributed by atoms with E-state index in [-0.39, 0.29) is 11.9 Å². The Morgan fingerprint density at radius 3 is 3.20 bits per heavy atom. The zero-order valence-electron chi connectivity index (χ0n) is 8.56. The molecule has 2 heterocycles. The quantitative estimate of drug-likeness (QED) is 0.734. The number of H-pyrrole nitrogens is 1. The zero-order valence-corrected chi connectivity index (χ0v) is 9.38. The predicted molar refractivity (Wildman–Crippen MR) is 60.8 cm³/mol. The summed E-state index contributed by atoms with van der Waals surface area (Å²) in [5, 5.41) is 6.41. The topological polar surface area (TPSA) is 75.0 Å². The molecule has 1 aromatic rings. The van der Waals surface area contributed by atoms with Gasteiger partial charge in [0, 0.05) is 24.1 Å². The van der Waals surface area contributed by atoms with E-state index in [4.69, 9.17) is 5.73 Å². The van der Waals surface area contributed by atoms with Crippen LogP contribution in [0.4, 0.5) is 5.69 Å². The summed E-state index contributed by atoms with van der Waals surface area (Å²) < 4.78 is 0. The first-order valence-corrected chi connectivity index (χ1v) is 6.03. The molecular weight excluding hydrogens is 212 g/mol. The molecule has 1 saturated heterocycles. The Bertz CT molecular complexity index is 365. The van der Waals surface area contributed by atoms with Crippen LogP contribution in [0.25, 0.3) is 0 Å². The third-order valence-electron chi connectivity index (χ3n) is 2.51. The smallest absolute Gasteiger partial charge is 0.274 e. The maximum atomic E-state index is 12.1. The van der Waals surface area contributed by atoms with Gasteiger partial charge in [0.2, 0.25) is 0 Å². The summed E-state index contributed by atoms with van der Waals surface area (Å²) in [5.74, 6) is 1.93. The SMILES string of the molecule is CC1CSCCN1C(=O)c1[nH]ncc1N. The normalized spacial score (nSPS) is 21.7. The van der Waals surface area contributed by atoms with E-state index in [1.54, 1.807) is 0 Å². The van der Waals surface area contributed by atoms with Crippen molar-refractivity contribution in [1.29, 1.82) is 0 Å². The fourth-order valence-corrected chi connectivity index (χ4v) is 2.65. The van der Waals surface area contributed by atoms with Crippen LogP contribution in [0.3, 0.4) is 0 Å². The number of carbonyl (C=O) groups excluding carboxylic acids is 1. The highest BCUT2D eigenvalue weighted by Gasteiger charge is 2.26. The third-order valence-corrected chi connectivity index (χ3v) is 3.70. The Morgan fingerprint density at radius 2 is 2.60 bits per heavy atom. The van der Waals surface area contributed by atoms with E-state index < -0.39 is 0 Å². The Labute approximate surface area is 92.4 Å². The van der Waals surface area contributed by atoms with Gasteiger partial charge >= 0.3 is 0 Å². The summed E-state index contributed by atoms with van der Waals surface area (Å²) in [6.45, 7) is 2.83. The number of hydrogen-bond donors (Lipinski definition) is 2. The fourth-order valence-electron chi connectivity index (χ4n) is 1.64. The van der Waals surface area contributed by atoms with Crippen molar-refractivity contribution in [2.24, 2.45) is 0 Å². The summed E-state index contributed by atoms with van der Waals surface area (Å²) in [6, 6.07) is 0.263. The monoisotopic (exact) mass is 226 g/mol. The van der Waals surface area contributed by atoms with Crippen LogP contribution in [0.5, 0.6) is 0 Å². The molecule has 1 aliphatic rings. The molecular formula is C9H14N4OS. The first kappa shape index (κ1) is 10.4. The van der Waals surface area contributed by atoms with Gasteiger partial charge in [-0.05, 0) is 6.92 Å². The molecule has 1 aliphatic heterocycles. The number of amides is 1. The van der Waals surface area contributed by atoms with E-state index in [0.717, 1.165) is 18.1 Å². The van der Waals surface area contributed by atoms with Gasteiger partial charge in [-0.2, -0.15) is 16.9 Å². The summed E-state index contributed by atoms with van der Waals surface area (Å²) in [5.41, 5.74) is 6.48. The van der Waals surface area contributed by atoms with Crippen molar-refractivity contribution in [3.05, 3.63) is 11.9 Å². The van der Waals surface area contributed by atoms with Crippen molar-refractivity contribution in [1.82, 2.24) is 15.1 Å². The number of nitrogens with two attached hydrogens (primary N) is 1. The largest absolute Gasteiger partial charge is 0.396 e. The van der Waals surface area contributed by atoms with E-state index in [2.05, 4.69) is 17.1 Å². The lowest BCUT2D eigenvalue weighted by Crippen LogP contribution is -2.44. The number of nitrogen functional groups attached to an aromatic ring is 1. The third kappa shape index (κ3) is 1.94. The van der Waals surface area contributed by atoms with Gasteiger partial charge in [-0.25, -0.2) is 0 Å². The van der Waals surface area contributed by atoms with Crippen LogP contribution in [0.1, 0.15) is 17.4 Å². The van der Waals surface area contributed by atoms with E-state index in [0.29, 0.717) is 11.4 Å². The Kier molecular flexibility index (Phi) is 2.86. The minimum absolute atomic E-state index is 0.0437. The van der Waals surface area contributed by atoms with Crippen molar-refractivity contribution >= 4 is 23.4 Å². The highest BCUT2D eigenvalue weighted by molar-refractivity contribution is 7.99. The molecule has 0 aliphatic carbocycles. The minimum Gasteiger partial charge on any atom is -0.396 e. The molecule has 1 atom stereocenters. The maximum absolute atomic E-state index is 12.1. The molecule has 1 aromatic heterocycles. The van der Waals surface area contributed by atoms with Crippen LogP contribution in [0, 0.1) is 0 Å². The summed E-state index contributed by atoms with van der Waals surface area (Å²) in [6.07, 6.45) is 1.47. The second-order valence-corrected chi connectivity index (χ2v) is 4.77. The molecule has 3 N–H and O–H groups in total. The van der Waals surface area contributed by atoms with Gasteiger partial charge in [0.25, 0.3) is 5.91 Å². The molecule has 0 aromatic carbocycles. The highest BCUT2D eigenvalue weighted by Crippen LogP contribution is 2.19. The summed E-state index contributed by atoms with van der Waals surface area (Å²) in [4.78, 5) is 13.9. The molecule has 1 unspecified atom stereocenters. The zero-order chi connectivity index (χ0) is 10.8. The molecule has 0 bridgehead atoms. The van der Waals surface area contributed by atoms with E-state index >= 15 is 0 Å². The fraction of sp³-hybridized carbons (Fsp3) is 0.556. The number of carbonyl (C=O) groups is 1. The molecule has 82 valence electrons. The highest BCUT2D eigenvalue weighted by atomic mass is 32.2. The Morgan fingerprint density at radius 1 is 1.80 bits per heavy atom. The van der Waals surface area contributed by atoms with E-state index in [1.165, 1.54) is 6.20 Å². The van der Waals surface area contributed by atoms with Crippen LogP contribution < -0.4 is 5.73 Å². The van der Waals surface area contributed by atoms with Gasteiger partial charge in [0.15, 0.2) is 0 Å². The molecule has 2 rings (SSSR count). The summed E-state index contributed by atoms with van der Waals surface area (Å²) in [7, 11) is 0. The van der Waals surface area contributed by atoms with Crippen LogP contribution in [-0.4, -0.2) is 45.1 Å². The van der Waals surface area contributed by atoms with Crippen molar-refractivity contribution < 1.29 is 4.79 Å². The van der Waals surface area contributed by atoms with Crippen LogP contribution in [0.2, 0.25) is 0 Å². The molecule has 15 heavy (non-hydrogen) atoms. The first-order chi connectivity index (χ1) is 7.20. The van der Waals surface area contributed by atoms with E-state index in [1.807, 2.05) is 16.7 Å². The second-order valence-electron chi connectivity index (χ2n) is 3.62. The number of anilines is 1. The lowest BCUT2D eigenvalue weighted by Gasteiger charge is -2.32. The molecule has 0 spiro atoms. The number of thioether (sulfide) groups is 1. The molecule has 1 amide bonds. The standard InChI is InChI=1S/C9H14N4OS/c1-6-5-15-3-2-13(6)9(14)8-7(10)4-11-12-8/h4,6H,2-3,5,10H2,1H3,(H,11,12). The minimum atomic E-state index is -0.0437. The van der Waals surface area contributed by atoms with Gasteiger partial charge in [0.1, 0.15) is 5.69 Å². The van der Waals surface area contributed by atoms with Crippen molar-refractivity contribution in [2.45, 2.75) is 13.0 Å². The molecule has 0 saturated carbocycles. The van der Waals surface area contributed by atoms with Crippen LogP contribution >= 0.6 is 11.8 Å². The lowest BCUT2D eigenvalue weighted by atomic mass is 10.2. The van der Waals surface area contributed by atoms with Gasteiger partial charge in [-0.15, -0.1) is 0 Å². The number of nitrogens with zero attached hydrogens (tertiary/aromatic N) is 2. The van der Waals surface area contributed by atoms with Crippen molar-refractivity contribution in [3.8, 4) is 0 Å². The molecule has 5 nitrogen and oxygen atoms in total. The van der Waals surface area contributed by atoms with Gasteiger partial charge < -0.3 is 10.6 Å². The number of aromatic amines is 1. The number of hydrogen-bond acceptors (Lipinski definition) is 4. The second kappa shape index (κ2) is 4.14. The predicted octanol–water partition coefficient (Wildman–Crippen LogP) is 0.569.